The molecule has 170 valence electrons. The number of nitrogens with one attached hydrogen (secondary N) is 3. The predicted octanol–water partition coefficient (Wildman–Crippen LogP) is 2.30. The first kappa shape index (κ1) is 23.0. The first-order chi connectivity index (χ1) is 14.9. The predicted molar refractivity (Wildman–Crippen MR) is 112 cm³/mol. The van der Waals surface area contributed by atoms with Crippen LogP contribution in [0.1, 0.15) is 50.6 Å². The Labute approximate surface area is 181 Å². The summed E-state index contributed by atoms with van der Waals surface area (Å²) in [6.07, 6.45) is 4.00. The minimum atomic E-state index is -0.565. The van der Waals surface area contributed by atoms with Gasteiger partial charge in [-0.3, -0.25) is 21.0 Å². The van der Waals surface area contributed by atoms with E-state index in [1.165, 1.54) is 11.0 Å². The number of halogens is 1. The van der Waals surface area contributed by atoms with Gasteiger partial charge >= 0.3 is 12.1 Å². The van der Waals surface area contributed by atoms with Crippen molar-refractivity contribution in [2.24, 2.45) is 0 Å². The van der Waals surface area contributed by atoms with Gasteiger partial charge in [-0.15, -0.1) is 0 Å². The molecule has 0 spiro atoms. The first-order valence-corrected chi connectivity index (χ1v) is 10.8. The smallest absolute Gasteiger partial charge is 0.407 e. The molecule has 0 radical (unpaired) electrons. The van der Waals surface area contributed by atoms with Crippen LogP contribution in [0.4, 0.5) is 14.0 Å². The van der Waals surface area contributed by atoms with Gasteiger partial charge in [0.2, 0.25) is 5.91 Å². The number of urea groups is 1. The Hall–Kier alpha value is -2.72. The maximum Gasteiger partial charge on any atom is 0.415 e. The molecule has 1 aromatic rings. The van der Waals surface area contributed by atoms with E-state index < -0.39 is 11.9 Å². The number of hydrogen-bond donors (Lipinski definition) is 3. The van der Waals surface area contributed by atoms with Crippen LogP contribution >= 0.6 is 0 Å². The summed E-state index contributed by atoms with van der Waals surface area (Å²) in [5, 5.41) is 2.26. The lowest BCUT2D eigenvalue weighted by molar-refractivity contribution is -0.118. The van der Waals surface area contributed by atoms with Crippen molar-refractivity contribution in [1.82, 2.24) is 26.0 Å². The lowest BCUT2D eigenvalue weighted by Crippen LogP contribution is -2.35. The van der Waals surface area contributed by atoms with E-state index in [1.54, 1.807) is 17.0 Å². The van der Waals surface area contributed by atoms with Crippen molar-refractivity contribution >= 4 is 18.0 Å². The van der Waals surface area contributed by atoms with Crippen molar-refractivity contribution in [3.05, 3.63) is 29.6 Å². The second-order valence-electron chi connectivity index (χ2n) is 7.88. The minimum absolute atomic E-state index is 0.0625. The third-order valence-electron chi connectivity index (χ3n) is 5.43. The molecule has 31 heavy (non-hydrogen) atoms. The third kappa shape index (κ3) is 6.63. The maximum absolute atomic E-state index is 14.1. The number of imide groups is 1. The number of benzene rings is 1. The van der Waals surface area contributed by atoms with Crippen molar-refractivity contribution in [2.75, 3.05) is 32.7 Å². The van der Waals surface area contributed by atoms with Gasteiger partial charge < -0.3 is 14.5 Å². The summed E-state index contributed by atoms with van der Waals surface area (Å²) < 4.78 is 19.3. The SMILES string of the molecule is CC(NNCCCCCN1CC(=O)NC1=O)c1ccc(F)c(OC(=O)N2CCCC2)c1. The Morgan fingerprint density at radius 3 is 2.71 bits per heavy atom. The highest BCUT2D eigenvalue weighted by atomic mass is 19.1. The largest absolute Gasteiger partial charge is 0.415 e. The van der Waals surface area contributed by atoms with Crippen molar-refractivity contribution in [2.45, 2.75) is 45.1 Å². The second-order valence-corrected chi connectivity index (χ2v) is 7.88. The number of hydrogen-bond acceptors (Lipinski definition) is 6. The molecule has 9 nitrogen and oxygen atoms in total. The summed E-state index contributed by atoms with van der Waals surface area (Å²) in [6, 6.07) is 4.07. The van der Waals surface area contributed by atoms with Gasteiger partial charge in [0.25, 0.3) is 0 Å². The Bertz CT molecular complexity index is 800. The van der Waals surface area contributed by atoms with Gasteiger partial charge in [-0.1, -0.05) is 12.5 Å². The molecule has 2 heterocycles. The summed E-state index contributed by atoms with van der Waals surface area (Å²) in [7, 11) is 0. The number of rotatable bonds is 10. The van der Waals surface area contributed by atoms with Crippen LogP contribution in [0.15, 0.2) is 18.2 Å². The summed E-state index contributed by atoms with van der Waals surface area (Å²) >= 11 is 0. The fourth-order valence-corrected chi connectivity index (χ4v) is 3.59. The first-order valence-electron chi connectivity index (χ1n) is 10.8. The molecule has 0 aromatic heterocycles. The van der Waals surface area contributed by atoms with E-state index >= 15 is 0 Å². The molecule has 0 bridgehead atoms. The molecular weight excluding hydrogens is 405 g/mol. The van der Waals surface area contributed by atoms with Crippen molar-refractivity contribution in [1.29, 1.82) is 0 Å². The summed E-state index contributed by atoms with van der Waals surface area (Å²) in [4.78, 5) is 37.8. The van der Waals surface area contributed by atoms with E-state index in [0.29, 0.717) is 26.2 Å². The number of likely N-dealkylation sites (tertiary alicyclic amines) is 1. The van der Waals surface area contributed by atoms with E-state index in [2.05, 4.69) is 16.2 Å². The Morgan fingerprint density at radius 2 is 2.00 bits per heavy atom. The molecule has 4 amide bonds. The van der Waals surface area contributed by atoms with Gasteiger partial charge in [-0.2, -0.15) is 0 Å². The molecule has 2 saturated heterocycles. The zero-order valence-corrected chi connectivity index (χ0v) is 17.8. The van der Waals surface area contributed by atoms with Crippen LogP contribution < -0.4 is 20.9 Å². The van der Waals surface area contributed by atoms with Gasteiger partial charge in [-0.05, 0) is 50.3 Å². The number of hydrazine groups is 1. The molecule has 3 rings (SSSR count). The number of carbonyl (C=O) groups excluding carboxylic acids is 3. The number of amides is 4. The zero-order valence-electron chi connectivity index (χ0n) is 17.8. The van der Waals surface area contributed by atoms with Gasteiger partial charge in [0.1, 0.15) is 6.54 Å². The molecule has 1 atom stereocenters. The second kappa shape index (κ2) is 11.1. The van der Waals surface area contributed by atoms with Crippen LogP contribution in [-0.4, -0.2) is 60.6 Å². The molecule has 1 aromatic carbocycles. The molecule has 1 unspecified atom stereocenters. The van der Waals surface area contributed by atoms with E-state index in [1.807, 2.05) is 6.92 Å². The maximum atomic E-state index is 14.1. The van der Waals surface area contributed by atoms with Crippen LogP contribution in [0.3, 0.4) is 0 Å². The number of ether oxygens (including phenoxy) is 1. The van der Waals surface area contributed by atoms with Gasteiger partial charge in [0.05, 0.1) is 0 Å². The lowest BCUT2D eigenvalue weighted by atomic mass is 10.1. The van der Waals surface area contributed by atoms with Crippen LogP contribution in [0, 0.1) is 5.82 Å². The molecule has 0 aliphatic carbocycles. The van der Waals surface area contributed by atoms with Gasteiger partial charge in [0.15, 0.2) is 11.6 Å². The molecule has 2 aliphatic rings. The fourth-order valence-electron chi connectivity index (χ4n) is 3.59. The Kier molecular flexibility index (Phi) is 8.19. The van der Waals surface area contributed by atoms with E-state index in [0.717, 1.165) is 37.7 Å². The van der Waals surface area contributed by atoms with Crippen molar-refractivity contribution in [3.63, 3.8) is 0 Å². The molecule has 2 aliphatic heterocycles. The quantitative estimate of drug-likeness (QED) is 0.296. The highest BCUT2D eigenvalue weighted by molar-refractivity contribution is 6.01. The topological polar surface area (TPSA) is 103 Å². The Balaban J connectivity index is 1.35. The third-order valence-corrected chi connectivity index (χ3v) is 5.43. The van der Waals surface area contributed by atoms with E-state index in [4.69, 9.17) is 4.74 Å². The van der Waals surface area contributed by atoms with Crippen LogP contribution in [0.2, 0.25) is 0 Å². The molecular formula is C21H30FN5O4. The summed E-state index contributed by atoms with van der Waals surface area (Å²) in [5.74, 6) is -0.878. The normalized spacial score (nSPS) is 17.2. The van der Waals surface area contributed by atoms with E-state index in [9.17, 15) is 18.8 Å². The van der Waals surface area contributed by atoms with Gasteiger partial charge in [0, 0.05) is 32.2 Å². The molecule has 2 fully saturated rings. The highest BCUT2D eigenvalue weighted by Gasteiger charge is 2.25. The number of unbranched alkanes of at least 4 members (excludes halogenated alkanes) is 2. The minimum Gasteiger partial charge on any atom is -0.407 e. The fraction of sp³-hybridized carbons (Fsp3) is 0.571. The monoisotopic (exact) mass is 435 g/mol. The average Bonchev–Trinajstić information content (AvgIpc) is 3.38. The van der Waals surface area contributed by atoms with Gasteiger partial charge in [-0.25, -0.2) is 14.0 Å². The summed E-state index contributed by atoms with van der Waals surface area (Å²) in [6.45, 7) is 4.64. The standard InChI is InChI=1S/C21H30FN5O4/c1-15(25-23-9-3-2-4-12-27-14-19(28)24-20(27)29)16-7-8-17(22)18(13-16)31-21(30)26-10-5-6-11-26/h7-8,13,15,23,25H,2-6,9-12,14H2,1H3,(H,24,28,29). The van der Waals surface area contributed by atoms with Crippen LogP contribution in [0.25, 0.3) is 0 Å². The lowest BCUT2D eigenvalue weighted by Gasteiger charge is -2.18. The Morgan fingerprint density at radius 1 is 1.23 bits per heavy atom. The number of nitrogens with zero attached hydrogens (tertiary/aromatic N) is 2. The number of carbonyl (C=O) groups is 3. The molecule has 3 N–H and O–H groups in total. The molecule has 0 saturated carbocycles. The van der Waals surface area contributed by atoms with E-state index in [-0.39, 0.29) is 30.3 Å². The highest BCUT2D eigenvalue weighted by Crippen LogP contribution is 2.24. The summed E-state index contributed by atoms with van der Waals surface area (Å²) in [5.41, 5.74) is 7.09. The molecule has 10 heteroatoms. The van der Waals surface area contributed by atoms with Crippen LogP contribution in [0.5, 0.6) is 5.75 Å². The van der Waals surface area contributed by atoms with Crippen molar-refractivity contribution < 1.29 is 23.5 Å². The van der Waals surface area contributed by atoms with Crippen molar-refractivity contribution in [3.8, 4) is 5.75 Å². The van der Waals surface area contributed by atoms with Crippen LogP contribution in [-0.2, 0) is 4.79 Å². The zero-order chi connectivity index (χ0) is 22.2. The average molecular weight is 436 g/mol.